The fourth-order valence-corrected chi connectivity index (χ4v) is 3.14. The van der Waals surface area contributed by atoms with Crippen molar-refractivity contribution in [3.8, 4) is 11.4 Å². The second-order valence-corrected chi connectivity index (χ2v) is 6.78. The zero-order valence-corrected chi connectivity index (χ0v) is 17.3. The van der Waals surface area contributed by atoms with E-state index in [2.05, 4.69) is 5.32 Å². The maximum absolute atomic E-state index is 13.2. The van der Waals surface area contributed by atoms with E-state index in [0.717, 1.165) is 5.69 Å². The van der Waals surface area contributed by atoms with Gasteiger partial charge in [-0.15, -0.1) is 0 Å². The molecule has 3 rings (SSSR count). The highest BCUT2D eigenvalue weighted by atomic mass is 19.1. The highest BCUT2D eigenvalue weighted by Gasteiger charge is 2.19. The highest BCUT2D eigenvalue weighted by Crippen LogP contribution is 2.21. The fourth-order valence-electron chi connectivity index (χ4n) is 3.14. The van der Waals surface area contributed by atoms with E-state index in [1.807, 2.05) is 0 Å². The third kappa shape index (κ3) is 4.98. The molecule has 0 radical (unpaired) electrons. The lowest BCUT2D eigenvalue weighted by atomic mass is 10.2. The fraction of sp³-hybridized carbons (Fsp3) is 0.174. The summed E-state index contributed by atoms with van der Waals surface area (Å²) in [4.78, 5) is 36.6. The normalized spacial score (nSPS) is 10.5. The molecule has 3 aromatic rings. The van der Waals surface area contributed by atoms with E-state index in [9.17, 15) is 18.8 Å². The quantitative estimate of drug-likeness (QED) is 0.614. The standard InChI is InChI=1S/C23H21FN2O5/c1-14-12-20(15(2)26(14)18-8-6-17(24)7-9-18)23(29)31-13-21(27)25-22(28)16-4-10-19(30-3)11-5-16/h4-12H,13H2,1-3H3,(H,25,27,28). The Balaban J connectivity index is 1.62. The Labute approximate surface area is 178 Å². The summed E-state index contributed by atoms with van der Waals surface area (Å²) in [6.45, 7) is 2.91. The molecule has 0 aliphatic carbocycles. The van der Waals surface area contributed by atoms with Crippen molar-refractivity contribution in [2.75, 3.05) is 13.7 Å². The number of esters is 1. The molecule has 0 saturated heterocycles. The van der Waals surface area contributed by atoms with Gasteiger partial charge >= 0.3 is 5.97 Å². The van der Waals surface area contributed by atoms with E-state index in [1.165, 1.54) is 31.4 Å². The lowest BCUT2D eigenvalue weighted by molar-refractivity contribution is -0.123. The van der Waals surface area contributed by atoms with E-state index in [1.54, 1.807) is 48.7 Å². The molecular weight excluding hydrogens is 403 g/mol. The Morgan fingerprint density at radius 1 is 1.00 bits per heavy atom. The molecule has 0 spiro atoms. The summed E-state index contributed by atoms with van der Waals surface area (Å²) in [7, 11) is 1.50. The van der Waals surface area contributed by atoms with Crippen LogP contribution in [0.15, 0.2) is 54.6 Å². The molecule has 0 aliphatic rings. The number of hydrogen-bond donors (Lipinski definition) is 1. The van der Waals surface area contributed by atoms with E-state index < -0.39 is 24.4 Å². The first kappa shape index (κ1) is 21.8. The van der Waals surface area contributed by atoms with Gasteiger partial charge in [-0.05, 0) is 68.4 Å². The SMILES string of the molecule is COc1ccc(C(=O)NC(=O)COC(=O)c2cc(C)n(-c3ccc(F)cc3)c2C)cc1. The number of aryl methyl sites for hydroxylation is 1. The first-order valence-corrected chi connectivity index (χ1v) is 9.40. The number of amides is 2. The molecule has 160 valence electrons. The molecular formula is C23H21FN2O5. The van der Waals surface area contributed by atoms with Gasteiger partial charge in [0.15, 0.2) is 6.61 Å². The van der Waals surface area contributed by atoms with Gasteiger partial charge in [-0.1, -0.05) is 0 Å². The molecule has 2 amide bonds. The van der Waals surface area contributed by atoms with Crippen molar-refractivity contribution in [1.82, 2.24) is 9.88 Å². The number of imide groups is 1. The zero-order chi connectivity index (χ0) is 22.5. The number of ether oxygens (including phenoxy) is 2. The monoisotopic (exact) mass is 424 g/mol. The van der Waals surface area contributed by atoms with Crippen molar-refractivity contribution in [3.05, 3.63) is 82.9 Å². The zero-order valence-electron chi connectivity index (χ0n) is 17.3. The molecule has 2 aromatic carbocycles. The van der Waals surface area contributed by atoms with Crippen molar-refractivity contribution in [3.63, 3.8) is 0 Å². The molecule has 8 heteroatoms. The van der Waals surface area contributed by atoms with Crippen LogP contribution in [0.2, 0.25) is 0 Å². The molecule has 0 unspecified atom stereocenters. The molecule has 7 nitrogen and oxygen atoms in total. The van der Waals surface area contributed by atoms with Crippen molar-refractivity contribution >= 4 is 17.8 Å². The van der Waals surface area contributed by atoms with Crippen LogP contribution in [0.4, 0.5) is 4.39 Å². The smallest absolute Gasteiger partial charge is 0.340 e. The van der Waals surface area contributed by atoms with Gasteiger partial charge in [0, 0.05) is 22.6 Å². The minimum absolute atomic E-state index is 0.267. The highest BCUT2D eigenvalue weighted by molar-refractivity contribution is 6.05. The van der Waals surface area contributed by atoms with E-state index in [-0.39, 0.29) is 16.9 Å². The number of methoxy groups -OCH3 is 1. The van der Waals surface area contributed by atoms with Gasteiger partial charge in [-0.25, -0.2) is 9.18 Å². The van der Waals surface area contributed by atoms with Crippen molar-refractivity contribution in [1.29, 1.82) is 0 Å². The minimum Gasteiger partial charge on any atom is -0.497 e. The topological polar surface area (TPSA) is 86.6 Å². The Morgan fingerprint density at radius 2 is 1.65 bits per heavy atom. The molecule has 0 aliphatic heterocycles. The summed E-state index contributed by atoms with van der Waals surface area (Å²) in [5, 5.41) is 2.17. The molecule has 31 heavy (non-hydrogen) atoms. The van der Waals surface area contributed by atoms with Crippen LogP contribution < -0.4 is 10.1 Å². The largest absolute Gasteiger partial charge is 0.497 e. The van der Waals surface area contributed by atoms with Crippen LogP contribution in [0.5, 0.6) is 5.75 Å². The Kier molecular flexibility index (Phi) is 6.49. The van der Waals surface area contributed by atoms with Crippen molar-refractivity contribution < 1.29 is 28.2 Å². The van der Waals surface area contributed by atoms with Crippen LogP contribution in [-0.4, -0.2) is 36.1 Å². The number of carbonyl (C=O) groups is 3. The van der Waals surface area contributed by atoms with Gasteiger partial charge in [0.1, 0.15) is 11.6 Å². The van der Waals surface area contributed by atoms with Crippen LogP contribution >= 0.6 is 0 Å². The van der Waals surface area contributed by atoms with Crippen LogP contribution in [0.1, 0.15) is 32.1 Å². The molecule has 1 heterocycles. The molecule has 0 atom stereocenters. The lowest BCUT2D eigenvalue weighted by Crippen LogP contribution is -2.34. The van der Waals surface area contributed by atoms with Crippen LogP contribution in [0.25, 0.3) is 5.69 Å². The summed E-state index contributed by atoms with van der Waals surface area (Å²) >= 11 is 0. The van der Waals surface area contributed by atoms with E-state index in [4.69, 9.17) is 9.47 Å². The Bertz CT molecular complexity index is 1120. The van der Waals surface area contributed by atoms with Crippen LogP contribution in [0, 0.1) is 19.7 Å². The number of hydrogen-bond acceptors (Lipinski definition) is 5. The van der Waals surface area contributed by atoms with Gasteiger partial charge in [0.25, 0.3) is 11.8 Å². The number of benzene rings is 2. The molecule has 0 bridgehead atoms. The summed E-state index contributed by atoms with van der Waals surface area (Å²) in [6, 6.07) is 13.7. The van der Waals surface area contributed by atoms with E-state index in [0.29, 0.717) is 17.1 Å². The Morgan fingerprint density at radius 3 is 2.26 bits per heavy atom. The number of carbonyl (C=O) groups excluding carboxylic acids is 3. The van der Waals surface area contributed by atoms with E-state index >= 15 is 0 Å². The van der Waals surface area contributed by atoms with Gasteiger partial charge < -0.3 is 14.0 Å². The third-order valence-corrected chi connectivity index (χ3v) is 4.68. The first-order chi connectivity index (χ1) is 14.8. The average Bonchev–Trinajstić information content (AvgIpc) is 3.06. The summed E-state index contributed by atoms with van der Waals surface area (Å²) in [6.07, 6.45) is 0. The molecule has 1 aromatic heterocycles. The summed E-state index contributed by atoms with van der Waals surface area (Å²) in [5.41, 5.74) is 2.57. The predicted molar refractivity (Wildman–Crippen MR) is 111 cm³/mol. The van der Waals surface area contributed by atoms with Gasteiger partial charge in [0.2, 0.25) is 0 Å². The molecule has 0 saturated carbocycles. The van der Waals surface area contributed by atoms with Crippen LogP contribution in [-0.2, 0) is 9.53 Å². The Hall–Kier alpha value is -3.94. The lowest BCUT2D eigenvalue weighted by Gasteiger charge is -2.10. The number of nitrogens with zero attached hydrogens (tertiary/aromatic N) is 1. The number of halogens is 1. The summed E-state index contributed by atoms with van der Waals surface area (Å²) < 4.78 is 25.1. The second kappa shape index (κ2) is 9.25. The predicted octanol–water partition coefficient (Wildman–Crippen LogP) is 3.36. The number of aromatic nitrogens is 1. The minimum atomic E-state index is -0.749. The molecule has 1 N–H and O–H groups in total. The first-order valence-electron chi connectivity index (χ1n) is 9.40. The maximum Gasteiger partial charge on any atom is 0.340 e. The second-order valence-electron chi connectivity index (χ2n) is 6.78. The van der Waals surface area contributed by atoms with Crippen molar-refractivity contribution in [2.45, 2.75) is 13.8 Å². The summed E-state index contributed by atoms with van der Waals surface area (Å²) in [5.74, 6) is -1.84. The molecule has 0 fully saturated rings. The van der Waals surface area contributed by atoms with Crippen molar-refractivity contribution in [2.24, 2.45) is 0 Å². The number of nitrogens with one attached hydrogen (secondary N) is 1. The van der Waals surface area contributed by atoms with Crippen LogP contribution in [0.3, 0.4) is 0 Å². The average molecular weight is 424 g/mol. The number of rotatable bonds is 6. The van der Waals surface area contributed by atoms with Gasteiger partial charge in [-0.2, -0.15) is 0 Å². The maximum atomic E-state index is 13.2. The third-order valence-electron chi connectivity index (χ3n) is 4.68. The van der Waals surface area contributed by atoms with Gasteiger partial charge in [0.05, 0.1) is 12.7 Å². The van der Waals surface area contributed by atoms with Gasteiger partial charge in [-0.3, -0.25) is 14.9 Å².